The van der Waals surface area contributed by atoms with Crippen LogP contribution in [-0.2, 0) is 6.42 Å². The SMILES string of the molecule is CCN(CC)c1ncc2c(n1)CCCC2N. The van der Waals surface area contributed by atoms with E-state index in [1.807, 2.05) is 6.20 Å². The van der Waals surface area contributed by atoms with Crippen LogP contribution in [0.4, 0.5) is 5.95 Å². The minimum atomic E-state index is 0.134. The van der Waals surface area contributed by atoms with E-state index in [-0.39, 0.29) is 6.04 Å². The molecule has 0 aromatic carbocycles. The highest BCUT2D eigenvalue weighted by molar-refractivity contribution is 5.35. The molecule has 0 fully saturated rings. The van der Waals surface area contributed by atoms with Crippen LogP contribution in [0.15, 0.2) is 6.20 Å². The summed E-state index contributed by atoms with van der Waals surface area (Å²) in [7, 11) is 0. The Morgan fingerprint density at radius 1 is 1.44 bits per heavy atom. The molecule has 1 atom stereocenters. The lowest BCUT2D eigenvalue weighted by molar-refractivity contribution is 0.555. The summed E-state index contributed by atoms with van der Waals surface area (Å²) in [6.07, 6.45) is 5.16. The number of hydrogen-bond donors (Lipinski definition) is 1. The lowest BCUT2D eigenvalue weighted by atomic mass is 9.93. The second kappa shape index (κ2) is 4.78. The van der Waals surface area contributed by atoms with Gasteiger partial charge in [0.1, 0.15) is 0 Å². The number of nitrogens with two attached hydrogens (primary N) is 1. The van der Waals surface area contributed by atoms with Gasteiger partial charge < -0.3 is 10.6 Å². The van der Waals surface area contributed by atoms with Gasteiger partial charge in [-0.05, 0) is 33.1 Å². The summed E-state index contributed by atoms with van der Waals surface area (Å²) >= 11 is 0. The van der Waals surface area contributed by atoms with Crippen LogP contribution in [0.25, 0.3) is 0 Å². The van der Waals surface area contributed by atoms with E-state index in [1.54, 1.807) is 0 Å². The molecule has 88 valence electrons. The summed E-state index contributed by atoms with van der Waals surface area (Å²) in [6.45, 7) is 6.14. The first-order valence-corrected chi connectivity index (χ1v) is 6.12. The monoisotopic (exact) mass is 220 g/mol. The number of hydrogen-bond acceptors (Lipinski definition) is 4. The quantitative estimate of drug-likeness (QED) is 0.841. The van der Waals surface area contributed by atoms with Gasteiger partial charge in [0.25, 0.3) is 0 Å². The normalized spacial score (nSPS) is 19.3. The fourth-order valence-electron chi connectivity index (χ4n) is 2.23. The van der Waals surface area contributed by atoms with Crippen LogP contribution >= 0.6 is 0 Å². The van der Waals surface area contributed by atoms with E-state index >= 15 is 0 Å². The number of fused-ring (bicyclic) bond motifs is 1. The minimum Gasteiger partial charge on any atom is -0.341 e. The Balaban J connectivity index is 2.31. The van der Waals surface area contributed by atoms with Gasteiger partial charge in [0.05, 0.1) is 5.69 Å². The van der Waals surface area contributed by atoms with E-state index in [1.165, 1.54) is 0 Å². The maximum Gasteiger partial charge on any atom is 0.225 e. The molecule has 1 aromatic rings. The molecule has 1 unspecified atom stereocenters. The topological polar surface area (TPSA) is 55.0 Å². The predicted octanol–water partition coefficient (Wildman–Crippen LogP) is 1.66. The Kier molecular flexibility index (Phi) is 3.39. The van der Waals surface area contributed by atoms with Crippen molar-refractivity contribution in [2.45, 2.75) is 39.2 Å². The summed E-state index contributed by atoms with van der Waals surface area (Å²) in [5.41, 5.74) is 8.33. The lowest BCUT2D eigenvalue weighted by Gasteiger charge is -2.24. The summed E-state index contributed by atoms with van der Waals surface area (Å²) < 4.78 is 0. The highest BCUT2D eigenvalue weighted by atomic mass is 15.2. The van der Waals surface area contributed by atoms with E-state index in [2.05, 4.69) is 28.7 Å². The third-order valence-corrected chi connectivity index (χ3v) is 3.26. The van der Waals surface area contributed by atoms with Crippen molar-refractivity contribution in [2.75, 3.05) is 18.0 Å². The van der Waals surface area contributed by atoms with Gasteiger partial charge >= 0.3 is 0 Å². The van der Waals surface area contributed by atoms with Gasteiger partial charge in [-0.3, -0.25) is 0 Å². The molecule has 2 N–H and O–H groups in total. The molecule has 16 heavy (non-hydrogen) atoms. The van der Waals surface area contributed by atoms with Crippen LogP contribution in [0.5, 0.6) is 0 Å². The summed E-state index contributed by atoms with van der Waals surface area (Å²) in [5, 5.41) is 0. The molecular formula is C12H20N4. The van der Waals surface area contributed by atoms with Gasteiger partial charge in [0, 0.05) is 30.9 Å². The van der Waals surface area contributed by atoms with Crippen molar-refractivity contribution in [3.8, 4) is 0 Å². The first-order chi connectivity index (χ1) is 7.76. The summed E-state index contributed by atoms with van der Waals surface area (Å²) in [6, 6.07) is 0.134. The smallest absolute Gasteiger partial charge is 0.225 e. The van der Waals surface area contributed by atoms with E-state index in [0.29, 0.717) is 0 Å². The molecule has 0 saturated carbocycles. The molecule has 0 spiro atoms. The number of aryl methyl sites for hydroxylation is 1. The molecule has 0 aliphatic heterocycles. The largest absolute Gasteiger partial charge is 0.341 e. The van der Waals surface area contributed by atoms with Crippen molar-refractivity contribution < 1.29 is 0 Å². The second-order valence-corrected chi connectivity index (χ2v) is 4.24. The molecule has 0 amide bonds. The highest BCUT2D eigenvalue weighted by Crippen LogP contribution is 2.26. The Morgan fingerprint density at radius 3 is 2.88 bits per heavy atom. The average molecular weight is 220 g/mol. The first kappa shape index (κ1) is 11.3. The van der Waals surface area contributed by atoms with Crippen LogP contribution in [0.1, 0.15) is 44.0 Å². The predicted molar refractivity (Wildman–Crippen MR) is 65.5 cm³/mol. The van der Waals surface area contributed by atoms with Gasteiger partial charge in [-0.25, -0.2) is 9.97 Å². The van der Waals surface area contributed by atoms with Crippen LogP contribution in [0, 0.1) is 0 Å². The van der Waals surface area contributed by atoms with E-state index in [9.17, 15) is 0 Å². The lowest BCUT2D eigenvalue weighted by Crippen LogP contribution is -2.26. The van der Waals surface area contributed by atoms with Crippen molar-refractivity contribution in [2.24, 2.45) is 5.73 Å². The molecular weight excluding hydrogens is 200 g/mol. The van der Waals surface area contributed by atoms with Gasteiger partial charge in [-0.15, -0.1) is 0 Å². The van der Waals surface area contributed by atoms with Gasteiger partial charge in [-0.2, -0.15) is 0 Å². The zero-order valence-corrected chi connectivity index (χ0v) is 10.1. The Hall–Kier alpha value is -1.16. The molecule has 1 heterocycles. The molecule has 0 bridgehead atoms. The van der Waals surface area contributed by atoms with Gasteiger partial charge in [0.15, 0.2) is 0 Å². The first-order valence-electron chi connectivity index (χ1n) is 6.12. The van der Waals surface area contributed by atoms with E-state index < -0.39 is 0 Å². The van der Waals surface area contributed by atoms with Gasteiger partial charge in [-0.1, -0.05) is 0 Å². The third kappa shape index (κ3) is 2.02. The number of rotatable bonds is 3. The second-order valence-electron chi connectivity index (χ2n) is 4.24. The molecule has 0 radical (unpaired) electrons. The molecule has 1 aromatic heterocycles. The zero-order valence-electron chi connectivity index (χ0n) is 10.1. The van der Waals surface area contributed by atoms with Crippen molar-refractivity contribution >= 4 is 5.95 Å². The Bertz CT molecular complexity index is 360. The van der Waals surface area contributed by atoms with E-state index in [4.69, 9.17) is 5.73 Å². The third-order valence-electron chi connectivity index (χ3n) is 3.26. The number of aromatic nitrogens is 2. The molecule has 4 heteroatoms. The average Bonchev–Trinajstić information content (AvgIpc) is 2.31. The maximum absolute atomic E-state index is 6.04. The number of nitrogens with zero attached hydrogens (tertiary/aromatic N) is 3. The highest BCUT2D eigenvalue weighted by Gasteiger charge is 2.19. The van der Waals surface area contributed by atoms with Crippen molar-refractivity contribution in [1.82, 2.24) is 9.97 Å². The van der Waals surface area contributed by atoms with Crippen molar-refractivity contribution in [3.63, 3.8) is 0 Å². The molecule has 2 rings (SSSR count). The van der Waals surface area contributed by atoms with Crippen LogP contribution in [0.2, 0.25) is 0 Å². The summed E-state index contributed by atoms with van der Waals surface area (Å²) in [5.74, 6) is 0.845. The van der Waals surface area contributed by atoms with Crippen LogP contribution in [0.3, 0.4) is 0 Å². The summed E-state index contributed by atoms with van der Waals surface area (Å²) in [4.78, 5) is 11.2. The number of anilines is 1. The Labute approximate surface area is 96.9 Å². The Morgan fingerprint density at radius 2 is 2.19 bits per heavy atom. The fourth-order valence-corrected chi connectivity index (χ4v) is 2.23. The van der Waals surface area contributed by atoms with Crippen LogP contribution < -0.4 is 10.6 Å². The molecule has 1 aliphatic carbocycles. The molecule has 0 saturated heterocycles. The van der Waals surface area contributed by atoms with Crippen molar-refractivity contribution in [3.05, 3.63) is 17.5 Å². The minimum absolute atomic E-state index is 0.134. The van der Waals surface area contributed by atoms with Crippen molar-refractivity contribution in [1.29, 1.82) is 0 Å². The van der Waals surface area contributed by atoms with Crippen LogP contribution in [-0.4, -0.2) is 23.1 Å². The van der Waals surface area contributed by atoms with E-state index in [0.717, 1.165) is 49.6 Å². The zero-order chi connectivity index (χ0) is 11.5. The standard InChI is InChI=1S/C12H20N4/c1-3-16(4-2)12-14-8-9-10(13)6-5-7-11(9)15-12/h8,10H,3-7,13H2,1-2H3. The fraction of sp³-hybridized carbons (Fsp3) is 0.667. The molecule has 1 aliphatic rings. The van der Waals surface area contributed by atoms with Gasteiger partial charge in [0.2, 0.25) is 5.95 Å². The maximum atomic E-state index is 6.04. The molecule has 4 nitrogen and oxygen atoms in total.